The van der Waals surface area contributed by atoms with Crippen LogP contribution in [0.2, 0.25) is 0 Å². The Morgan fingerprint density at radius 2 is 1.38 bits per heavy atom. The lowest BCUT2D eigenvalue weighted by molar-refractivity contribution is 0.194. The fraction of sp³-hybridized carbons (Fsp3) is 0.400. The van der Waals surface area contributed by atoms with Crippen LogP contribution in [0.1, 0.15) is 18.4 Å². The van der Waals surface area contributed by atoms with Crippen LogP contribution in [-0.4, -0.2) is 33.4 Å². The fourth-order valence-electron chi connectivity index (χ4n) is 2.23. The van der Waals surface area contributed by atoms with Gasteiger partial charge >= 0.3 is 0 Å². The Kier molecular flexibility index (Phi) is 8.76. The third-order valence-corrected chi connectivity index (χ3v) is 3.54. The molecule has 2 aromatic carbocycles. The highest BCUT2D eigenvalue weighted by molar-refractivity contribution is 5.31. The van der Waals surface area contributed by atoms with E-state index in [-0.39, 0.29) is 0 Å². The average molecular weight is 329 g/mol. The molecule has 0 heterocycles. The Balaban J connectivity index is 1.58. The highest BCUT2D eigenvalue weighted by Gasteiger charge is 1.98. The number of benzene rings is 2. The number of hydrogen-bond acceptors (Lipinski definition) is 4. The zero-order valence-corrected chi connectivity index (χ0v) is 14.4. The molecule has 2 rings (SSSR count). The first kappa shape index (κ1) is 18.3. The summed E-state index contributed by atoms with van der Waals surface area (Å²) in [7, 11) is 1.73. The van der Waals surface area contributed by atoms with E-state index in [4.69, 9.17) is 14.2 Å². The molecule has 0 saturated heterocycles. The monoisotopic (exact) mass is 329 g/mol. The van der Waals surface area contributed by atoms with Crippen molar-refractivity contribution in [3.63, 3.8) is 0 Å². The van der Waals surface area contributed by atoms with Crippen LogP contribution in [0.4, 0.5) is 0 Å². The lowest BCUT2D eigenvalue weighted by Crippen LogP contribution is -2.19. The first-order valence-electron chi connectivity index (χ1n) is 8.48. The van der Waals surface area contributed by atoms with Gasteiger partial charge in [-0.2, -0.15) is 0 Å². The molecule has 0 aliphatic rings. The highest BCUT2D eigenvalue weighted by Crippen LogP contribution is 2.18. The van der Waals surface area contributed by atoms with Crippen molar-refractivity contribution in [1.82, 2.24) is 5.32 Å². The summed E-state index contributed by atoms with van der Waals surface area (Å²) in [5.41, 5.74) is 1.16. The van der Waals surface area contributed by atoms with Crippen LogP contribution in [0, 0.1) is 0 Å². The van der Waals surface area contributed by atoms with Gasteiger partial charge in [-0.05, 0) is 55.8 Å². The molecule has 4 nitrogen and oxygen atoms in total. The van der Waals surface area contributed by atoms with E-state index < -0.39 is 0 Å². The van der Waals surface area contributed by atoms with E-state index in [0.717, 1.165) is 49.6 Å². The Morgan fingerprint density at radius 1 is 0.750 bits per heavy atom. The summed E-state index contributed by atoms with van der Waals surface area (Å²) in [5, 5.41) is 3.37. The third kappa shape index (κ3) is 7.49. The van der Waals surface area contributed by atoms with Crippen LogP contribution in [0.25, 0.3) is 0 Å². The minimum absolute atomic E-state index is 0.579. The van der Waals surface area contributed by atoms with Crippen LogP contribution in [0.15, 0.2) is 54.6 Å². The topological polar surface area (TPSA) is 39.7 Å². The van der Waals surface area contributed by atoms with Gasteiger partial charge < -0.3 is 19.5 Å². The molecule has 0 aromatic heterocycles. The standard InChI is InChI=1S/C20H27NO3/c1-22-15-5-13-21-14-6-16-23-19-9-11-20(12-10-19)24-17-18-7-3-2-4-8-18/h2-4,7-12,21H,5-6,13-17H2,1H3. The molecule has 0 atom stereocenters. The van der Waals surface area contributed by atoms with Gasteiger partial charge in [0.15, 0.2) is 0 Å². The second-order valence-electron chi connectivity index (χ2n) is 5.54. The number of methoxy groups -OCH3 is 1. The second-order valence-corrected chi connectivity index (χ2v) is 5.54. The maximum atomic E-state index is 5.76. The van der Waals surface area contributed by atoms with Gasteiger partial charge in [0.05, 0.1) is 6.61 Å². The van der Waals surface area contributed by atoms with E-state index in [2.05, 4.69) is 17.4 Å². The Hall–Kier alpha value is -2.04. The van der Waals surface area contributed by atoms with Gasteiger partial charge in [0.2, 0.25) is 0 Å². The minimum atomic E-state index is 0.579. The first-order chi connectivity index (χ1) is 11.9. The maximum absolute atomic E-state index is 5.76. The summed E-state index contributed by atoms with van der Waals surface area (Å²) < 4.78 is 16.5. The average Bonchev–Trinajstić information content (AvgIpc) is 2.64. The largest absolute Gasteiger partial charge is 0.494 e. The molecule has 0 unspecified atom stereocenters. The number of rotatable bonds is 12. The predicted molar refractivity (Wildman–Crippen MR) is 96.7 cm³/mol. The number of hydrogen-bond donors (Lipinski definition) is 1. The van der Waals surface area contributed by atoms with Crippen molar-refractivity contribution < 1.29 is 14.2 Å². The van der Waals surface area contributed by atoms with Gasteiger partial charge in [-0.3, -0.25) is 0 Å². The summed E-state index contributed by atoms with van der Waals surface area (Å²) in [6, 6.07) is 17.9. The summed E-state index contributed by atoms with van der Waals surface area (Å²) in [5.74, 6) is 1.73. The van der Waals surface area contributed by atoms with Crippen LogP contribution in [0.3, 0.4) is 0 Å². The quantitative estimate of drug-likeness (QED) is 0.603. The minimum Gasteiger partial charge on any atom is -0.494 e. The van der Waals surface area contributed by atoms with Crippen molar-refractivity contribution >= 4 is 0 Å². The lowest BCUT2D eigenvalue weighted by atomic mass is 10.2. The summed E-state index contributed by atoms with van der Waals surface area (Å²) >= 11 is 0. The van der Waals surface area contributed by atoms with Crippen molar-refractivity contribution in [1.29, 1.82) is 0 Å². The van der Waals surface area contributed by atoms with Crippen LogP contribution in [-0.2, 0) is 11.3 Å². The molecule has 0 bridgehead atoms. The van der Waals surface area contributed by atoms with Crippen LogP contribution in [0.5, 0.6) is 11.5 Å². The van der Waals surface area contributed by atoms with Gasteiger partial charge in [-0.15, -0.1) is 0 Å². The summed E-state index contributed by atoms with van der Waals surface area (Å²) in [6.45, 7) is 4.04. The molecular formula is C20H27NO3. The van der Waals surface area contributed by atoms with E-state index in [1.165, 1.54) is 0 Å². The smallest absolute Gasteiger partial charge is 0.120 e. The second kappa shape index (κ2) is 11.5. The van der Waals surface area contributed by atoms with Gasteiger partial charge in [0.1, 0.15) is 18.1 Å². The van der Waals surface area contributed by atoms with Crippen LogP contribution < -0.4 is 14.8 Å². The fourth-order valence-corrected chi connectivity index (χ4v) is 2.23. The lowest BCUT2D eigenvalue weighted by Gasteiger charge is -2.09. The van der Waals surface area contributed by atoms with Crippen molar-refractivity contribution in [2.75, 3.05) is 33.4 Å². The first-order valence-corrected chi connectivity index (χ1v) is 8.48. The molecule has 0 radical (unpaired) electrons. The molecule has 130 valence electrons. The molecule has 0 amide bonds. The van der Waals surface area contributed by atoms with Gasteiger partial charge in [0, 0.05) is 13.7 Å². The zero-order valence-electron chi connectivity index (χ0n) is 14.4. The molecule has 0 aliphatic carbocycles. The van der Waals surface area contributed by atoms with Crippen molar-refractivity contribution in [2.45, 2.75) is 19.4 Å². The molecule has 0 fully saturated rings. The Morgan fingerprint density at radius 3 is 2.04 bits per heavy atom. The Labute approximate surface area is 144 Å². The van der Waals surface area contributed by atoms with E-state index >= 15 is 0 Å². The van der Waals surface area contributed by atoms with Crippen molar-refractivity contribution in [2.24, 2.45) is 0 Å². The molecule has 0 spiro atoms. The SMILES string of the molecule is COCCCNCCCOc1ccc(OCc2ccccc2)cc1. The van der Waals surface area contributed by atoms with E-state index in [9.17, 15) is 0 Å². The molecule has 1 N–H and O–H groups in total. The normalized spacial score (nSPS) is 10.5. The van der Waals surface area contributed by atoms with E-state index in [0.29, 0.717) is 13.2 Å². The molecule has 4 heteroatoms. The van der Waals surface area contributed by atoms with Gasteiger partial charge in [-0.1, -0.05) is 30.3 Å². The van der Waals surface area contributed by atoms with Crippen LogP contribution >= 0.6 is 0 Å². The van der Waals surface area contributed by atoms with Crippen molar-refractivity contribution in [3.05, 3.63) is 60.2 Å². The van der Waals surface area contributed by atoms with Crippen molar-refractivity contribution in [3.8, 4) is 11.5 Å². The molecule has 2 aromatic rings. The van der Waals surface area contributed by atoms with E-state index in [1.54, 1.807) is 7.11 Å². The predicted octanol–water partition coefficient (Wildman–Crippen LogP) is 3.66. The molecule has 24 heavy (non-hydrogen) atoms. The van der Waals surface area contributed by atoms with E-state index in [1.807, 2.05) is 42.5 Å². The third-order valence-electron chi connectivity index (χ3n) is 3.54. The van der Waals surface area contributed by atoms with Gasteiger partial charge in [-0.25, -0.2) is 0 Å². The molecular weight excluding hydrogens is 302 g/mol. The molecule has 0 saturated carbocycles. The van der Waals surface area contributed by atoms with Gasteiger partial charge in [0.25, 0.3) is 0 Å². The number of ether oxygens (including phenoxy) is 3. The number of nitrogens with one attached hydrogen (secondary N) is 1. The zero-order chi connectivity index (χ0) is 16.9. The Bertz CT molecular complexity index is 543. The molecule has 0 aliphatic heterocycles. The highest BCUT2D eigenvalue weighted by atomic mass is 16.5. The maximum Gasteiger partial charge on any atom is 0.120 e. The summed E-state index contributed by atoms with van der Waals surface area (Å²) in [6.07, 6.45) is 2.03. The summed E-state index contributed by atoms with van der Waals surface area (Å²) in [4.78, 5) is 0.